The second-order valence-electron chi connectivity index (χ2n) is 6.45. The maximum atomic E-state index is 12.3. The number of aromatic nitrogens is 3. The SMILES string of the molecule is CCN(c1ccc(NC(=O)CSc2nnc3c(Cl)cc(Cl)cn23)cc1)C(C)C. The summed E-state index contributed by atoms with van der Waals surface area (Å²) < 4.78 is 1.68. The number of hydrogen-bond donors (Lipinski definition) is 1. The third kappa shape index (κ3) is 4.71. The smallest absolute Gasteiger partial charge is 0.234 e. The third-order valence-corrected chi connectivity index (χ3v) is 5.60. The van der Waals surface area contributed by atoms with Gasteiger partial charge in [-0.05, 0) is 51.1 Å². The number of hydrogen-bond acceptors (Lipinski definition) is 5. The second-order valence-corrected chi connectivity index (χ2v) is 8.23. The van der Waals surface area contributed by atoms with Crippen LogP contribution in [-0.4, -0.2) is 38.8 Å². The summed E-state index contributed by atoms with van der Waals surface area (Å²) in [5.41, 5.74) is 2.40. The normalized spacial score (nSPS) is 11.2. The number of nitrogens with one attached hydrogen (secondary N) is 1. The van der Waals surface area contributed by atoms with Crippen molar-refractivity contribution in [2.45, 2.75) is 32.0 Å². The number of carbonyl (C=O) groups excluding carboxylic acids is 1. The highest BCUT2D eigenvalue weighted by molar-refractivity contribution is 7.99. The van der Waals surface area contributed by atoms with Crippen molar-refractivity contribution in [3.8, 4) is 0 Å². The summed E-state index contributed by atoms with van der Waals surface area (Å²) in [6.07, 6.45) is 1.68. The van der Waals surface area contributed by atoms with Gasteiger partial charge in [0.25, 0.3) is 0 Å². The maximum Gasteiger partial charge on any atom is 0.234 e. The molecule has 148 valence electrons. The van der Waals surface area contributed by atoms with Crippen molar-refractivity contribution in [3.05, 3.63) is 46.6 Å². The second kappa shape index (κ2) is 9.03. The monoisotopic (exact) mass is 437 g/mol. The van der Waals surface area contributed by atoms with E-state index in [2.05, 4.69) is 41.2 Å². The average Bonchev–Trinajstić information content (AvgIpc) is 3.05. The van der Waals surface area contributed by atoms with Crippen molar-refractivity contribution in [1.82, 2.24) is 14.6 Å². The molecule has 0 aliphatic heterocycles. The quantitative estimate of drug-likeness (QED) is 0.526. The molecule has 28 heavy (non-hydrogen) atoms. The van der Waals surface area contributed by atoms with Crippen LogP contribution in [0.2, 0.25) is 10.0 Å². The molecule has 0 saturated carbocycles. The largest absolute Gasteiger partial charge is 0.369 e. The van der Waals surface area contributed by atoms with Crippen molar-refractivity contribution in [1.29, 1.82) is 0 Å². The summed E-state index contributed by atoms with van der Waals surface area (Å²) in [6, 6.07) is 9.88. The summed E-state index contributed by atoms with van der Waals surface area (Å²) in [5.74, 6) is 0.0681. The van der Waals surface area contributed by atoms with Crippen LogP contribution in [0.5, 0.6) is 0 Å². The van der Waals surface area contributed by atoms with Crippen molar-refractivity contribution in [2.24, 2.45) is 0 Å². The van der Waals surface area contributed by atoms with Crippen molar-refractivity contribution in [3.63, 3.8) is 0 Å². The van der Waals surface area contributed by atoms with Crippen LogP contribution in [0.1, 0.15) is 20.8 Å². The van der Waals surface area contributed by atoms with E-state index in [0.717, 1.165) is 17.9 Å². The first-order valence-corrected chi connectivity index (χ1v) is 10.6. The fourth-order valence-electron chi connectivity index (χ4n) is 2.91. The van der Waals surface area contributed by atoms with E-state index in [0.29, 0.717) is 26.9 Å². The molecule has 0 saturated heterocycles. The Labute approximate surface area is 178 Å². The topological polar surface area (TPSA) is 62.5 Å². The summed E-state index contributed by atoms with van der Waals surface area (Å²) in [4.78, 5) is 14.6. The van der Waals surface area contributed by atoms with Gasteiger partial charge in [-0.15, -0.1) is 10.2 Å². The van der Waals surface area contributed by atoms with Crippen LogP contribution < -0.4 is 10.2 Å². The molecule has 0 atom stereocenters. The lowest BCUT2D eigenvalue weighted by atomic mass is 10.2. The van der Waals surface area contributed by atoms with Crippen LogP contribution >= 0.6 is 35.0 Å². The minimum Gasteiger partial charge on any atom is -0.369 e. The Morgan fingerprint density at radius 3 is 2.61 bits per heavy atom. The predicted molar refractivity (Wildman–Crippen MR) is 117 cm³/mol. The molecular formula is C19H21Cl2N5OS. The fraction of sp³-hybridized carbons (Fsp3) is 0.316. The Kier molecular flexibility index (Phi) is 6.69. The molecule has 6 nitrogen and oxygen atoms in total. The van der Waals surface area contributed by atoms with Crippen LogP contribution in [-0.2, 0) is 4.79 Å². The summed E-state index contributed by atoms with van der Waals surface area (Å²) in [5, 5.41) is 12.5. The zero-order valence-corrected chi connectivity index (χ0v) is 18.1. The van der Waals surface area contributed by atoms with E-state index in [1.165, 1.54) is 11.8 Å². The molecule has 0 aliphatic carbocycles. The lowest BCUT2D eigenvalue weighted by Crippen LogP contribution is -2.30. The highest BCUT2D eigenvalue weighted by Gasteiger charge is 2.13. The van der Waals surface area contributed by atoms with E-state index in [9.17, 15) is 4.79 Å². The van der Waals surface area contributed by atoms with Gasteiger partial charge in [0.05, 0.1) is 15.8 Å². The van der Waals surface area contributed by atoms with Gasteiger partial charge in [0, 0.05) is 30.2 Å². The number of nitrogens with zero attached hydrogens (tertiary/aromatic N) is 4. The van der Waals surface area contributed by atoms with Gasteiger partial charge >= 0.3 is 0 Å². The van der Waals surface area contributed by atoms with Gasteiger partial charge < -0.3 is 10.2 Å². The van der Waals surface area contributed by atoms with E-state index < -0.39 is 0 Å². The molecule has 0 aliphatic rings. The number of amides is 1. The van der Waals surface area contributed by atoms with E-state index in [4.69, 9.17) is 23.2 Å². The highest BCUT2D eigenvalue weighted by atomic mass is 35.5. The number of benzene rings is 1. The number of anilines is 2. The van der Waals surface area contributed by atoms with E-state index in [-0.39, 0.29) is 11.7 Å². The van der Waals surface area contributed by atoms with Crippen molar-refractivity contribution >= 4 is 57.9 Å². The molecule has 1 aromatic carbocycles. The minimum absolute atomic E-state index is 0.126. The van der Waals surface area contributed by atoms with Gasteiger partial charge in [0.1, 0.15) is 0 Å². The van der Waals surface area contributed by atoms with E-state index >= 15 is 0 Å². The first kappa shape index (κ1) is 20.8. The molecule has 2 heterocycles. The van der Waals surface area contributed by atoms with Crippen molar-refractivity contribution < 1.29 is 4.79 Å². The van der Waals surface area contributed by atoms with Crippen LogP contribution in [0.4, 0.5) is 11.4 Å². The molecule has 3 aromatic rings. The van der Waals surface area contributed by atoms with Crippen molar-refractivity contribution in [2.75, 3.05) is 22.5 Å². The molecule has 0 radical (unpaired) electrons. The number of halogens is 2. The molecule has 1 amide bonds. The molecule has 1 N–H and O–H groups in total. The van der Waals surface area contributed by atoms with Gasteiger partial charge in [0.15, 0.2) is 10.8 Å². The zero-order chi connectivity index (χ0) is 20.3. The summed E-state index contributed by atoms with van der Waals surface area (Å²) in [6.45, 7) is 7.37. The Morgan fingerprint density at radius 2 is 1.96 bits per heavy atom. The molecule has 0 spiro atoms. The maximum absolute atomic E-state index is 12.3. The molecule has 0 fully saturated rings. The third-order valence-electron chi connectivity index (χ3n) is 4.17. The van der Waals surface area contributed by atoms with Crippen LogP contribution in [0.25, 0.3) is 5.65 Å². The van der Waals surface area contributed by atoms with Gasteiger partial charge in [-0.25, -0.2) is 0 Å². The Hall–Kier alpha value is -1.96. The van der Waals surface area contributed by atoms with Crippen LogP contribution in [0.15, 0.2) is 41.7 Å². The number of thioether (sulfide) groups is 1. The van der Waals surface area contributed by atoms with Gasteiger partial charge in [0.2, 0.25) is 5.91 Å². The zero-order valence-electron chi connectivity index (χ0n) is 15.8. The fourth-order valence-corrected chi connectivity index (χ4v) is 4.13. The molecular weight excluding hydrogens is 417 g/mol. The highest BCUT2D eigenvalue weighted by Crippen LogP contribution is 2.25. The average molecular weight is 438 g/mol. The minimum atomic E-state index is -0.126. The Bertz CT molecular complexity index is 974. The molecule has 3 rings (SSSR count). The number of fused-ring (bicyclic) bond motifs is 1. The molecule has 9 heteroatoms. The first-order valence-electron chi connectivity index (χ1n) is 8.88. The van der Waals surface area contributed by atoms with E-state index in [1.807, 2.05) is 24.3 Å². The molecule has 2 aromatic heterocycles. The first-order chi connectivity index (χ1) is 13.4. The standard InChI is InChI=1S/C19H21Cl2N5OS/c1-4-25(12(2)3)15-7-5-14(6-8-15)22-17(27)11-28-19-24-23-18-16(21)9-13(20)10-26(18)19/h5-10,12H,4,11H2,1-3H3,(H,22,27). The van der Waals surface area contributed by atoms with E-state index in [1.54, 1.807) is 16.7 Å². The van der Waals surface area contributed by atoms with Gasteiger partial charge in [-0.3, -0.25) is 9.20 Å². The summed E-state index contributed by atoms with van der Waals surface area (Å²) >= 11 is 13.4. The van der Waals surface area contributed by atoms with Crippen LogP contribution in [0, 0.1) is 0 Å². The van der Waals surface area contributed by atoms with Crippen LogP contribution in [0.3, 0.4) is 0 Å². The Morgan fingerprint density at radius 1 is 1.25 bits per heavy atom. The number of pyridine rings is 1. The number of carbonyl (C=O) groups is 1. The summed E-state index contributed by atoms with van der Waals surface area (Å²) in [7, 11) is 0. The molecule has 0 unspecified atom stereocenters. The van der Waals surface area contributed by atoms with Gasteiger partial charge in [-0.1, -0.05) is 35.0 Å². The van der Waals surface area contributed by atoms with Gasteiger partial charge in [-0.2, -0.15) is 0 Å². The lowest BCUT2D eigenvalue weighted by molar-refractivity contribution is -0.113. The lowest BCUT2D eigenvalue weighted by Gasteiger charge is -2.27. The predicted octanol–water partition coefficient (Wildman–Crippen LogP) is 5.00. The molecule has 0 bridgehead atoms. The number of rotatable bonds is 7. The Balaban J connectivity index is 1.62.